The van der Waals surface area contributed by atoms with Gasteiger partial charge in [-0.05, 0) is 25.7 Å². The van der Waals surface area contributed by atoms with Gasteiger partial charge in [0.15, 0.2) is 0 Å². The Morgan fingerprint density at radius 2 is 1.81 bits per heavy atom. The van der Waals surface area contributed by atoms with E-state index in [9.17, 15) is 13.2 Å². The van der Waals surface area contributed by atoms with Crippen molar-refractivity contribution in [3.8, 4) is 0 Å². The van der Waals surface area contributed by atoms with Crippen LogP contribution in [0.15, 0.2) is 23.3 Å². The van der Waals surface area contributed by atoms with Crippen molar-refractivity contribution in [1.29, 1.82) is 0 Å². The molecule has 1 rings (SSSR count). The van der Waals surface area contributed by atoms with Crippen LogP contribution in [-0.4, -0.2) is 6.18 Å². The maximum Gasteiger partial charge on any atom is 0.412 e. The van der Waals surface area contributed by atoms with Gasteiger partial charge < -0.3 is 0 Å². The molecule has 0 saturated carbocycles. The third-order valence-corrected chi connectivity index (χ3v) is 2.95. The molecule has 0 bridgehead atoms. The number of unbranched alkanes of at least 4 members (excludes halogenated alkanes) is 3. The van der Waals surface area contributed by atoms with Gasteiger partial charge in [-0.3, -0.25) is 0 Å². The molecule has 0 amide bonds. The molecule has 0 spiro atoms. The van der Waals surface area contributed by atoms with Gasteiger partial charge in [0.1, 0.15) is 0 Å². The second-order valence-electron chi connectivity index (χ2n) is 4.33. The zero-order valence-electron chi connectivity index (χ0n) is 9.74. The maximum atomic E-state index is 12.3. The highest BCUT2D eigenvalue weighted by atomic mass is 19.4. The lowest BCUT2D eigenvalue weighted by Crippen LogP contribution is -2.13. The molecule has 0 fully saturated rings. The van der Waals surface area contributed by atoms with Gasteiger partial charge in [-0.2, -0.15) is 13.2 Å². The van der Waals surface area contributed by atoms with Crippen LogP contribution in [0, 0.1) is 0 Å². The van der Waals surface area contributed by atoms with E-state index in [1.165, 1.54) is 30.9 Å². The molecule has 0 aromatic heterocycles. The summed E-state index contributed by atoms with van der Waals surface area (Å²) in [4.78, 5) is 0. The lowest BCUT2D eigenvalue weighted by atomic mass is 9.94. The Morgan fingerprint density at radius 1 is 1.06 bits per heavy atom. The fourth-order valence-electron chi connectivity index (χ4n) is 1.90. The lowest BCUT2D eigenvalue weighted by Gasteiger charge is -2.16. The molecule has 16 heavy (non-hydrogen) atoms. The number of hydrogen-bond donors (Lipinski definition) is 0. The van der Waals surface area contributed by atoms with Crippen LogP contribution < -0.4 is 0 Å². The smallest absolute Gasteiger partial charge is 0.166 e. The van der Waals surface area contributed by atoms with Gasteiger partial charge in [-0.15, -0.1) is 0 Å². The van der Waals surface area contributed by atoms with Gasteiger partial charge in [-0.1, -0.05) is 43.9 Å². The van der Waals surface area contributed by atoms with Crippen LogP contribution in [0.3, 0.4) is 0 Å². The molecule has 1 aliphatic rings. The SMILES string of the molecule is CCCCCCC1=CC=C(C(F)(F)F)CC1. The van der Waals surface area contributed by atoms with Crippen molar-refractivity contribution in [1.82, 2.24) is 0 Å². The van der Waals surface area contributed by atoms with Gasteiger partial charge in [0, 0.05) is 5.57 Å². The molecule has 0 aliphatic heterocycles. The minimum absolute atomic E-state index is 0.156. The van der Waals surface area contributed by atoms with Crippen molar-refractivity contribution < 1.29 is 13.2 Å². The first-order valence-corrected chi connectivity index (χ1v) is 6.00. The minimum atomic E-state index is -4.13. The highest BCUT2D eigenvalue weighted by Crippen LogP contribution is 2.33. The predicted molar refractivity (Wildman–Crippen MR) is 60.2 cm³/mol. The molecule has 0 atom stereocenters. The number of rotatable bonds is 5. The van der Waals surface area contributed by atoms with Crippen molar-refractivity contribution in [3.05, 3.63) is 23.3 Å². The molecule has 0 saturated heterocycles. The molecule has 1 aliphatic carbocycles. The van der Waals surface area contributed by atoms with E-state index < -0.39 is 6.18 Å². The molecule has 0 N–H and O–H groups in total. The fourth-order valence-corrected chi connectivity index (χ4v) is 1.90. The number of hydrogen-bond acceptors (Lipinski definition) is 0. The largest absolute Gasteiger partial charge is 0.412 e. The third-order valence-electron chi connectivity index (χ3n) is 2.95. The Labute approximate surface area is 95.2 Å². The Hall–Kier alpha value is -0.730. The number of allylic oxidation sites excluding steroid dienone is 4. The van der Waals surface area contributed by atoms with Crippen LogP contribution in [0.4, 0.5) is 13.2 Å². The van der Waals surface area contributed by atoms with Crippen LogP contribution >= 0.6 is 0 Å². The van der Waals surface area contributed by atoms with E-state index in [4.69, 9.17) is 0 Å². The van der Waals surface area contributed by atoms with E-state index in [0.29, 0.717) is 6.42 Å². The second kappa shape index (κ2) is 6.12. The van der Waals surface area contributed by atoms with Crippen molar-refractivity contribution in [2.45, 2.75) is 58.0 Å². The zero-order valence-corrected chi connectivity index (χ0v) is 9.74. The number of halogens is 3. The summed E-state index contributed by atoms with van der Waals surface area (Å²) in [7, 11) is 0. The van der Waals surface area contributed by atoms with E-state index in [-0.39, 0.29) is 12.0 Å². The summed E-state index contributed by atoms with van der Waals surface area (Å²) < 4.78 is 37.0. The molecule has 0 aromatic rings. The van der Waals surface area contributed by atoms with Crippen LogP contribution in [0.25, 0.3) is 0 Å². The Kier molecular flexibility index (Phi) is 5.10. The highest BCUT2D eigenvalue weighted by molar-refractivity contribution is 5.26. The van der Waals surface area contributed by atoms with Gasteiger partial charge in [0.2, 0.25) is 0 Å². The monoisotopic (exact) mass is 232 g/mol. The van der Waals surface area contributed by atoms with Crippen molar-refractivity contribution in [2.24, 2.45) is 0 Å². The summed E-state index contributed by atoms with van der Waals surface area (Å²) in [5.41, 5.74) is 0.786. The van der Waals surface area contributed by atoms with Crippen LogP contribution in [0.5, 0.6) is 0 Å². The average Bonchev–Trinajstić information content (AvgIpc) is 2.24. The number of alkyl halides is 3. The molecule has 0 nitrogen and oxygen atoms in total. The minimum Gasteiger partial charge on any atom is -0.166 e. The Morgan fingerprint density at radius 3 is 2.31 bits per heavy atom. The van der Waals surface area contributed by atoms with Gasteiger partial charge in [-0.25, -0.2) is 0 Å². The van der Waals surface area contributed by atoms with E-state index in [1.807, 2.05) is 0 Å². The van der Waals surface area contributed by atoms with Crippen LogP contribution in [0.1, 0.15) is 51.9 Å². The predicted octanol–water partition coefficient (Wildman–Crippen LogP) is 5.17. The van der Waals surface area contributed by atoms with Gasteiger partial charge >= 0.3 is 6.18 Å². The average molecular weight is 232 g/mol. The quantitative estimate of drug-likeness (QED) is 0.574. The van der Waals surface area contributed by atoms with Gasteiger partial charge in [0.05, 0.1) is 0 Å². The van der Waals surface area contributed by atoms with E-state index >= 15 is 0 Å². The topological polar surface area (TPSA) is 0 Å². The summed E-state index contributed by atoms with van der Waals surface area (Å²) >= 11 is 0. The first-order valence-electron chi connectivity index (χ1n) is 6.00. The summed E-state index contributed by atoms with van der Waals surface area (Å²) in [6, 6.07) is 0. The first-order chi connectivity index (χ1) is 7.54. The molecule has 0 unspecified atom stereocenters. The second-order valence-corrected chi connectivity index (χ2v) is 4.33. The summed E-state index contributed by atoms with van der Waals surface area (Å²) in [6.07, 6.45) is 5.18. The molecule has 92 valence electrons. The zero-order chi connectivity index (χ0) is 12.0. The maximum absolute atomic E-state index is 12.3. The summed E-state index contributed by atoms with van der Waals surface area (Å²) in [5, 5.41) is 0. The first kappa shape index (κ1) is 13.3. The Bertz CT molecular complexity index is 271. The molecule has 3 heteroatoms. The van der Waals surface area contributed by atoms with Crippen LogP contribution in [0.2, 0.25) is 0 Å². The standard InChI is InChI=1S/C13H19F3/c1-2-3-4-5-6-11-7-9-12(10-8-11)13(14,15)16/h7,9H,2-6,8,10H2,1H3. The summed E-state index contributed by atoms with van der Waals surface area (Å²) in [5.74, 6) is 0. The van der Waals surface area contributed by atoms with E-state index in [0.717, 1.165) is 12.8 Å². The van der Waals surface area contributed by atoms with Crippen molar-refractivity contribution in [2.75, 3.05) is 0 Å². The Balaban J connectivity index is 2.37. The molecule has 0 aromatic carbocycles. The van der Waals surface area contributed by atoms with Gasteiger partial charge in [0.25, 0.3) is 0 Å². The molecular formula is C13H19F3. The van der Waals surface area contributed by atoms with Crippen molar-refractivity contribution in [3.63, 3.8) is 0 Å². The molecule has 0 heterocycles. The fraction of sp³-hybridized carbons (Fsp3) is 0.692. The third kappa shape index (κ3) is 4.42. The van der Waals surface area contributed by atoms with E-state index in [2.05, 4.69) is 6.92 Å². The normalized spacial score (nSPS) is 17.0. The van der Waals surface area contributed by atoms with Crippen LogP contribution in [-0.2, 0) is 0 Å². The lowest BCUT2D eigenvalue weighted by molar-refractivity contribution is -0.0941. The van der Waals surface area contributed by atoms with E-state index in [1.54, 1.807) is 6.08 Å². The molecular weight excluding hydrogens is 213 g/mol. The van der Waals surface area contributed by atoms with Crippen molar-refractivity contribution >= 4 is 0 Å². The molecule has 0 radical (unpaired) electrons. The summed E-state index contributed by atoms with van der Waals surface area (Å²) in [6.45, 7) is 2.15. The highest BCUT2D eigenvalue weighted by Gasteiger charge is 2.33.